The standard InChI is InChI=1S/C23H27N5O3/c29-22-8-3-16-12-27(25-24-16)9-10-31-17-4-1-15(2-5-17)11-23(30)28-20-6-7-21(28)19-14-26(22)13-18(19)20/h1-2,4-5,12,18-21H,3,6-11,13-14H2/t18-,19+,20-,21+. The zero-order valence-corrected chi connectivity index (χ0v) is 17.5. The van der Waals surface area contributed by atoms with Crippen LogP contribution in [0.4, 0.5) is 0 Å². The number of amides is 2. The Morgan fingerprint density at radius 3 is 2.42 bits per heavy atom. The molecule has 0 saturated carbocycles. The van der Waals surface area contributed by atoms with Crippen LogP contribution >= 0.6 is 0 Å². The van der Waals surface area contributed by atoms with Gasteiger partial charge in [-0.25, -0.2) is 4.68 Å². The van der Waals surface area contributed by atoms with Gasteiger partial charge in [-0.2, -0.15) is 0 Å². The van der Waals surface area contributed by atoms with Crippen LogP contribution < -0.4 is 4.74 Å². The van der Waals surface area contributed by atoms with E-state index in [9.17, 15) is 9.59 Å². The van der Waals surface area contributed by atoms with Gasteiger partial charge in [0.15, 0.2) is 0 Å². The Hall–Kier alpha value is -2.90. The zero-order valence-electron chi connectivity index (χ0n) is 17.5. The Kier molecular flexibility index (Phi) is 4.47. The van der Waals surface area contributed by atoms with Crippen molar-refractivity contribution in [2.24, 2.45) is 11.8 Å². The van der Waals surface area contributed by atoms with Gasteiger partial charge in [0.05, 0.1) is 18.7 Å². The number of carbonyl (C=O) groups is 2. The summed E-state index contributed by atoms with van der Waals surface area (Å²) in [5.41, 5.74) is 1.85. The Bertz CT molecular complexity index is 983. The third-order valence-electron chi connectivity index (χ3n) is 7.56. The molecule has 7 aliphatic heterocycles. The van der Waals surface area contributed by atoms with Crippen molar-refractivity contribution in [2.45, 2.75) is 50.7 Å². The summed E-state index contributed by atoms with van der Waals surface area (Å²) in [5.74, 6) is 2.05. The van der Waals surface area contributed by atoms with Crippen LogP contribution in [0.1, 0.15) is 30.5 Å². The number of rotatable bonds is 0. The van der Waals surface area contributed by atoms with E-state index in [1.54, 1.807) is 4.68 Å². The smallest absolute Gasteiger partial charge is 0.227 e. The topological polar surface area (TPSA) is 80.6 Å². The van der Waals surface area contributed by atoms with Crippen LogP contribution in [0.3, 0.4) is 0 Å². The summed E-state index contributed by atoms with van der Waals surface area (Å²) in [5, 5.41) is 8.37. The molecular weight excluding hydrogens is 394 g/mol. The van der Waals surface area contributed by atoms with Crippen molar-refractivity contribution in [3.63, 3.8) is 0 Å². The number of carbonyl (C=O) groups excluding carboxylic acids is 2. The molecule has 162 valence electrons. The van der Waals surface area contributed by atoms with Gasteiger partial charge in [0.1, 0.15) is 12.4 Å². The summed E-state index contributed by atoms with van der Waals surface area (Å²) >= 11 is 0. The predicted molar refractivity (Wildman–Crippen MR) is 111 cm³/mol. The molecule has 0 unspecified atom stereocenters. The maximum atomic E-state index is 13.2. The molecule has 0 spiro atoms. The van der Waals surface area contributed by atoms with Crippen molar-refractivity contribution < 1.29 is 14.3 Å². The van der Waals surface area contributed by atoms with Gasteiger partial charge < -0.3 is 14.5 Å². The summed E-state index contributed by atoms with van der Waals surface area (Å²) < 4.78 is 7.58. The average molecular weight is 422 g/mol. The summed E-state index contributed by atoms with van der Waals surface area (Å²) in [6.45, 7) is 2.64. The highest BCUT2D eigenvalue weighted by Gasteiger charge is 2.58. The number of aryl methyl sites for hydroxylation is 1. The van der Waals surface area contributed by atoms with Crippen molar-refractivity contribution in [3.05, 3.63) is 41.7 Å². The second-order valence-electron chi connectivity index (χ2n) is 9.28. The zero-order chi connectivity index (χ0) is 20.9. The van der Waals surface area contributed by atoms with Gasteiger partial charge in [0, 0.05) is 56.0 Å². The lowest BCUT2D eigenvalue weighted by Crippen LogP contribution is -2.41. The van der Waals surface area contributed by atoms with Crippen LogP contribution in [0.15, 0.2) is 30.5 Å². The molecular formula is C23H27N5O3. The lowest BCUT2D eigenvalue weighted by atomic mass is 9.82. The molecule has 1 aromatic heterocycles. The van der Waals surface area contributed by atoms with Crippen LogP contribution in [-0.2, 0) is 29.0 Å². The van der Waals surface area contributed by atoms with Crippen molar-refractivity contribution in [2.75, 3.05) is 19.7 Å². The number of nitrogens with zero attached hydrogens (tertiary/aromatic N) is 5. The molecule has 31 heavy (non-hydrogen) atoms. The fraction of sp³-hybridized carbons (Fsp3) is 0.565. The fourth-order valence-corrected chi connectivity index (χ4v) is 6.13. The van der Waals surface area contributed by atoms with E-state index in [2.05, 4.69) is 15.2 Å². The predicted octanol–water partition coefficient (Wildman–Crippen LogP) is 1.29. The monoisotopic (exact) mass is 421 g/mol. The lowest BCUT2D eigenvalue weighted by molar-refractivity contribution is -0.133. The van der Waals surface area contributed by atoms with E-state index in [4.69, 9.17) is 4.74 Å². The van der Waals surface area contributed by atoms with Gasteiger partial charge in [-0.3, -0.25) is 9.59 Å². The number of benzene rings is 1. The molecule has 0 aliphatic carbocycles. The van der Waals surface area contributed by atoms with E-state index in [-0.39, 0.29) is 23.9 Å². The highest BCUT2D eigenvalue weighted by atomic mass is 16.5. The normalized spacial score (nSPS) is 30.3. The Morgan fingerprint density at radius 2 is 1.68 bits per heavy atom. The minimum atomic E-state index is 0.193. The van der Waals surface area contributed by atoms with Gasteiger partial charge in [-0.05, 0) is 30.5 Å². The summed E-state index contributed by atoms with van der Waals surface area (Å²) in [6.07, 6.45) is 5.52. The highest BCUT2D eigenvalue weighted by molar-refractivity contribution is 5.81. The minimum Gasteiger partial charge on any atom is -0.492 e. The van der Waals surface area contributed by atoms with Gasteiger partial charge in [-0.1, -0.05) is 17.3 Å². The molecule has 7 aliphatic rings. The van der Waals surface area contributed by atoms with Crippen LogP contribution in [-0.4, -0.2) is 68.4 Å². The molecule has 2 amide bonds. The SMILES string of the molecule is O=C1CCc2cn(nn2)CCOc2ccc(cc2)CC(=O)N2[C@@H]3CC[C@H]2[C@H]2CN1C[C@H]23. The first-order valence-electron chi connectivity index (χ1n) is 11.4. The third kappa shape index (κ3) is 3.28. The van der Waals surface area contributed by atoms with Crippen LogP contribution in [0.25, 0.3) is 0 Å². The molecule has 3 saturated heterocycles. The molecule has 4 atom stereocenters. The minimum absolute atomic E-state index is 0.193. The summed E-state index contributed by atoms with van der Waals surface area (Å²) in [6, 6.07) is 8.41. The van der Waals surface area contributed by atoms with E-state index in [1.165, 1.54) is 0 Å². The molecule has 10 bridgehead atoms. The van der Waals surface area contributed by atoms with Crippen molar-refractivity contribution in [1.82, 2.24) is 24.8 Å². The number of ether oxygens (including phenoxy) is 1. The van der Waals surface area contributed by atoms with Crippen molar-refractivity contribution in [3.8, 4) is 5.75 Å². The van der Waals surface area contributed by atoms with Gasteiger partial charge >= 0.3 is 0 Å². The molecule has 1 aromatic carbocycles. The van der Waals surface area contributed by atoms with Crippen LogP contribution in [0, 0.1) is 11.8 Å². The van der Waals surface area contributed by atoms with Gasteiger partial charge in [0.2, 0.25) is 11.8 Å². The quantitative estimate of drug-likeness (QED) is 0.641. The summed E-state index contributed by atoms with van der Waals surface area (Å²) in [7, 11) is 0. The number of hydrogen-bond acceptors (Lipinski definition) is 5. The lowest BCUT2D eigenvalue weighted by Gasteiger charge is -2.27. The summed E-state index contributed by atoms with van der Waals surface area (Å²) in [4.78, 5) is 30.2. The third-order valence-corrected chi connectivity index (χ3v) is 7.56. The first-order chi connectivity index (χ1) is 15.2. The van der Waals surface area contributed by atoms with E-state index < -0.39 is 0 Å². The van der Waals surface area contributed by atoms with Gasteiger partial charge in [0.25, 0.3) is 0 Å². The first kappa shape index (κ1) is 18.8. The maximum Gasteiger partial charge on any atom is 0.227 e. The number of hydrogen-bond donors (Lipinski definition) is 0. The molecule has 0 radical (unpaired) electrons. The van der Waals surface area contributed by atoms with E-state index >= 15 is 0 Å². The second kappa shape index (κ2) is 7.35. The van der Waals surface area contributed by atoms with E-state index in [0.717, 1.165) is 42.9 Å². The first-order valence-corrected chi connectivity index (χ1v) is 11.4. The van der Waals surface area contributed by atoms with E-state index in [1.807, 2.05) is 35.4 Å². The van der Waals surface area contributed by atoms with Crippen molar-refractivity contribution in [1.29, 1.82) is 0 Å². The molecule has 8 heterocycles. The van der Waals surface area contributed by atoms with Gasteiger partial charge in [-0.15, -0.1) is 5.10 Å². The second-order valence-corrected chi connectivity index (χ2v) is 9.28. The highest BCUT2D eigenvalue weighted by Crippen LogP contribution is 2.49. The Balaban J connectivity index is 1.26. The van der Waals surface area contributed by atoms with Crippen LogP contribution in [0.2, 0.25) is 0 Å². The fourth-order valence-electron chi connectivity index (χ4n) is 6.13. The van der Waals surface area contributed by atoms with E-state index in [0.29, 0.717) is 44.2 Å². The van der Waals surface area contributed by atoms with Crippen molar-refractivity contribution >= 4 is 11.8 Å². The largest absolute Gasteiger partial charge is 0.492 e. The molecule has 3 fully saturated rings. The molecule has 8 nitrogen and oxygen atoms in total. The van der Waals surface area contributed by atoms with Crippen LogP contribution in [0.5, 0.6) is 5.75 Å². The molecule has 2 aromatic rings. The molecule has 9 rings (SSSR count). The molecule has 8 heteroatoms. The average Bonchev–Trinajstić information content (AvgIpc) is 3.53. The Morgan fingerprint density at radius 1 is 0.935 bits per heavy atom. The number of aromatic nitrogens is 3. The Labute approximate surface area is 181 Å². The maximum absolute atomic E-state index is 13.2. The molecule has 0 N–H and O–H groups in total.